The molecule has 128 valence electrons. The molecule has 1 aliphatic heterocycles. The van der Waals surface area contributed by atoms with E-state index in [0.29, 0.717) is 17.9 Å². The van der Waals surface area contributed by atoms with Crippen molar-refractivity contribution in [2.75, 3.05) is 6.61 Å². The van der Waals surface area contributed by atoms with E-state index in [1.807, 2.05) is 55.5 Å². The number of hydrogen-bond acceptors (Lipinski definition) is 4. The fourth-order valence-electron chi connectivity index (χ4n) is 2.57. The van der Waals surface area contributed by atoms with Crippen LogP contribution in [0, 0.1) is 6.92 Å². The number of rotatable bonds is 6. The van der Waals surface area contributed by atoms with Crippen LogP contribution in [0.1, 0.15) is 36.5 Å². The Morgan fingerprint density at radius 2 is 1.96 bits per heavy atom. The van der Waals surface area contributed by atoms with E-state index in [1.54, 1.807) is 6.08 Å². The molecule has 0 fully saturated rings. The third-order valence-electron chi connectivity index (χ3n) is 3.94. The molecule has 0 spiro atoms. The number of ether oxygens (including phenoxy) is 1. The summed E-state index contributed by atoms with van der Waals surface area (Å²) in [6.07, 6.45) is 3.94. The predicted molar refractivity (Wildman–Crippen MR) is 98.6 cm³/mol. The average molecular weight is 335 g/mol. The fourth-order valence-corrected chi connectivity index (χ4v) is 2.57. The van der Waals surface area contributed by atoms with Gasteiger partial charge in [0.2, 0.25) is 0 Å². The van der Waals surface area contributed by atoms with Gasteiger partial charge in [0.25, 0.3) is 0 Å². The van der Waals surface area contributed by atoms with Crippen molar-refractivity contribution in [1.29, 1.82) is 0 Å². The summed E-state index contributed by atoms with van der Waals surface area (Å²) in [4.78, 5) is 16.9. The van der Waals surface area contributed by atoms with Crippen LogP contribution in [-0.4, -0.2) is 18.3 Å². The summed E-state index contributed by atoms with van der Waals surface area (Å²) in [6, 6.07) is 15.5. The monoisotopic (exact) mass is 335 g/mol. The first-order valence-electron chi connectivity index (χ1n) is 8.48. The van der Waals surface area contributed by atoms with Crippen LogP contribution in [0.15, 0.2) is 59.3 Å². The van der Waals surface area contributed by atoms with Crippen molar-refractivity contribution in [2.45, 2.75) is 26.7 Å². The van der Waals surface area contributed by atoms with Gasteiger partial charge < -0.3 is 9.57 Å². The van der Waals surface area contributed by atoms with Crippen LogP contribution in [0.5, 0.6) is 5.75 Å². The summed E-state index contributed by atoms with van der Waals surface area (Å²) in [6.45, 7) is 4.85. The van der Waals surface area contributed by atoms with Gasteiger partial charge in [-0.3, -0.25) is 0 Å². The Labute approximate surface area is 147 Å². The number of nitrogens with zero attached hydrogens (tertiary/aromatic N) is 1. The maximum atomic E-state index is 12.1. The van der Waals surface area contributed by atoms with Crippen molar-refractivity contribution < 1.29 is 14.4 Å². The molecule has 25 heavy (non-hydrogen) atoms. The quantitative estimate of drug-likeness (QED) is 0.443. The zero-order chi connectivity index (χ0) is 17.6. The molecule has 1 aliphatic rings. The summed E-state index contributed by atoms with van der Waals surface area (Å²) in [7, 11) is 0. The maximum Gasteiger partial charge on any atom is 0.368 e. The summed E-state index contributed by atoms with van der Waals surface area (Å²) in [5.74, 6) is 0.400. The number of unbranched alkanes of at least 4 members (excludes halogenated alkanes) is 1. The second kappa shape index (κ2) is 7.79. The van der Waals surface area contributed by atoms with Gasteiger partial charge in [-0.2, -0.15) is 0 Å². The molecular formula is C21H21NO3. The summed E-state index contributed by atoms with van der Waals surface area (Å²) in [5.41, 5.74) is 3.91. The third-order valence-corrected chi connectivity index (χ3v) is 3.94. The SMILES string of the molecule is CCCCOc1ccc(C=C2C(=O)ON=C2c2cccc(C)c2)cc1. The molecule has 4 heteroatoms. The lowest BCUT2D eigenvalue weighted by molar-refractivity contribution is -0.136. The summed E-state index contributed by atoms with van der Waals surface area (Å²) >= 11 is 0. The Hall–Kier alpha value is -2.88. The molecule has 0 aromatic heterocycles. The molecule has 0 amide bonds. The van der Waals surface area contributed by atoms with Crippen molar-refractivity contribution >= 4 is 17.8 Å². The Morgan fingerprint density at radius 3 is 2.68 bits per heavy atom. The van der Waals surface area contributed by atoms with Crippen LogP contribution in [0.25, 0.3) is 6.08 Å². The molecule has 1 heterocycles. The molecule has 0 saturated carbocycles. The lowest BCUT2D eigenvalue weighted by Crippen LogP contribution is -2.07. The second-order valence-corrected chi connectivity index (χ2v) is 6.02. The van der Waals surface area contributed by atoms with Gasteiger partial charge in [0.15, 0.2) is 0 Å². The van der Waals surface area contributed by atoms with Gasteiger partial charge in [0, 0.05) is 5.56 Å². The molecule has 0 aliphatic carbocycles. The van der Waals surface area contributed by atoms with Crippen molar-refractivity contribution in [3.8, 4) is 5.75 Å². The normalized spacial score (nSPS) is 15.2. The molecule has 0 bridgehead atoms. The fraction of sp³-hybridized carbons (Fsp3) is 0.238. The Kier molecular flexibility index (Phi) is 5.29. The minimum atomic E-state index is -0.431. The molecule has 2 aromatic carbocycles. The highest BCUT2D eigenvalue weighted by molar-refractivity contribution is 6.31. The van der Waals surface area contributed by atoms with Crippen LogP contribution in [0.4, 0.5) is 0 Å². The Balaban J connectivity index is 1.81. The van der Waals surface area contributed by atoms with Gasteiger partial charge in [-0.15, -0.1) is 0 Å². The minimum absolute atomic E-state index is 0.431. The Bertz CT molecular complexity index is 819. The lowest BCUT2D eigenvalue weighted by atomic mass is 9.99. The van der Waals surface area contributed by atoms with E-state index in [-0.39, 0.29) is 0 Å². The highest BCUT2D eigenvalue weighted by Crippen LogP contribution is 2.22. The summed E-state index contributed by atoms with van der Waals surface area (Å²) in [5, 5.41) is 3.95. The van der Waals surface area contributed by atoms with Crippen LogP contribution in [0.3, 0.4) is 0 Å². The zero-order valence-electron chi connectivity index (χ0n) is 14.5. The first-order chi connectivity index (χ1) is 12.2. The molecule has 0 unspecified atom stereocenters. The first kappa shape index (κ1) is 17.0. The van der Waals surface area contributed by atoms with Gasteiger partial charge >= 0.3 is 5.97 Å². The molecule has 4 nitrogen and oxygen atoms in total. The minimum Gasteiger partial charge on any atom is -0.494 e. The standard InChI is InChI=1S/C21H21NO3/c1-3-4-12-24-18-10-8-16(9-11-18)14-19-20(22-25-21(19)23)17-7-5-6-15(2)13-17/h5-11,13-14H,3-4,12H2,1-2H3. The van der Waals surface area contributed by atoms with Crippen LogP contribution >= 0.6 is 0 Å². The van der Waals surface area contributed by atoms with E-state index < -0.39 is 5.97 Å². The predicted octanol–water partition coefficient (Wildman–Crippen LogP) is 4.52. The zero-order valence-corrected chi connectivity index (χ0v) is 14.5. The van der Waals surface area contributed by atoms with Crippen molar-refractivity contribution in [3.63, 3.8) is 0 Å². The van der Waals surface area contributed by atoms with Crippen molar-refractivity contribution in [1.82, 2.24) is 0 Å². The number of carbonyl (C=O) groups is 1. The smallest absolute Gasteiger partial charge is 0.368 e. The average Bonchev–Trinajstić information content (AvgIpc) is 2.97. The van der Waals surface area contributed by atoms with Crippen LogP contribution in [-0.2, 0) is 9.63 Å². The molecule has 0 N–H and O–H groups in total. The van der Waals surface area contributed by atoms with Crippen LogP contribution in [0.2, 0.25) is 0 Å². The topological polar surface area (TPSA) is 47.9 Å². The lowest BCUT2D eigenvalue weighted by Gasteiger charge is -2.06. The highest BCUT2D eigenvalue weighted by atomic mass is 16.7. The van der Waals surface area contributed by atoms with Crippen molar-refractivity contribution in [3.05, 3.63) is 70.8 Å². The summed E-state index contributed by atoms with van der Waals surface area (Å²) < 4.78 is 5.66. The van der Waals surface area contributed by atoms with Gasteiger partial charge in [-0.05, 0) is 43.2 Å². The van der Waals surface area contributed by atoms with E-state index >= 15 is 0 Å². The number of oxime groups is 1. The molecule has 3 rings (SSSR count). The van der Waals surface area contributed by atoms with Gasteiger partial charge in [-0.1, -0.05) is 54.4 Å². The number of hydrogen-bond donors (Lipinski definition) is 0. The maximum absolute atomic E-state index is 12.1. The highest BCUT2D eigenvalue weighted by Gasteiger charge is 2.26. The molecule has 0 radical (unpaired) electrons. The molecule has 0 saturated heterocycles. The number of aryl methyl sites for hydroxylation is 1. The number of benzene rings is 2. The van der Waals surface area contributed by atoms with Gasteiger partial charge in [-0.25, -0.2) is 4.79 Å². The van der Waals surface area contributed by atoms with E-state index in [0.717, 1.165) is 35.3 Å². The van der Waals surface area contributed by atoms with Crippen molar-refractivity contribution in [2.24, 2.45) is 5.16 Å². The van der Waals surface area contributed by atoms with Crippen LogP contribution < -0.4 is 4.74 Å². The second-order valence-electron chi connectivity index (χ2n) is 6.02. The molecule has 2 aromatic rings. The van der Waals surface area contributed by atoms with E-state index in [9.17, 15) is 4.79 Å². The first-order valence-corrected chi connectivity index (χ1v) is 8.48. The van der Waals surface area contributed by atoms with Gasteiger partial charge in [0.1, 0.15) is 11.5 Å². The van der Waals surface area contributed by atoms with E-state index in [1.165, 1.54) is 0 Å². The molecular weight excluding hydrogens is 314 g/mol. The van der Waals surface area contributed by atoms with E-state index in [4.69, 9.17) is 9.57 Å². The largest absolute Gasteiger partial charge is 0.494 e. The van der Waals surface area contributed by atoms with E-state index in [2.05, 4.69) is 12.1 Å². The molecule has 0 atom stereocenters. The Morgan fingerprint density at radius 1 is 1.16 bits per heavy atom. The number of carbonyl (C=O) groups excluding carboxylic acids is 1. The van der Waals surface area contributed by atoms with Gasteiger partial charge in [0.05, 0.1) is 12.2 Å². The third kappa shape index (κ3) is 4.15.